The first-order chi connectivity index (χ1) is 18.0. The van der Waals surface area contributed by atoms with Gasteiger partial charge < -0.3 is 14.1 Å². The van der Waals surface area contributed by atoms with Crippen LogP contribution in [0.4, 0.5) is 0 Å². The van der Waals surface area contributed by atoms with Crippen LogP contribution >= 0.6 is 11.6 Å². The highest BCUT2D eigenvalue weighted by Crippen LogP contribution is 2.46. The quantitative estimate of drug-likeness (QED) is 0.318. The third-order valence-electron chi connectivity index (χ3n) is 6.81. The van der Waals surface area contributed by atoms with Crippen molar-refractivity contribution in [1.29, 1.82) is 0 Å². The van der Waals surface area contributed by atoms with Crippen LogP contribution in [0.25, 0.3) is 22.4 Å². The molecule has 2 N–H and O–H groups in total. The van der Waals surface area contributed by atoms with E-state index in [-0.39, 0.29) is 11.9 Å². The molecule has 1 saturated carbocycles. The van der Waals surface area contributed by atoms with Gasteiger partial charge in [0.25, 0.3) is 5.91 Å². The van der Waals surface area contributed by atoms with Crippen LogP contribution in [0.15, 0.2) is 70.0 Å². The molecule has 0 bridgehead atoms. The van der Waals surface area contributed by atoms with Gasteiger partial charge in [0.2, 0.25) is 5.88 Å². The molecule has 37 heavy (non-hydrogen) atoms. The summed E-state index contributed by atoms with van der Waals surface area (Å²) in [6, 6.07) is 16.1. The Morgan fingerprint density at radius 3 is 2.78 bits per heavy atom. The molecule has 2 aliphatic rings. The lowest BCUT2D eigenvalue weighted by molar-refractivity contribution is 0.0735. The Morgan fingerprint density at radius 1 is 1.11 bits per heavy atom. The summed E-state index contributed by atoms with van der Waals surface area (Å²) in [7, 11) is 0. The van der Waals surface area contributed by atoms with Gasteiger partial charge in [-0.05, 0) is 54.7 Å². The van der Waals surface area contributed by atoms with Gasteiger partial charge in [-0.3, -0.25) is 14.9 Å². The molecule has 1 amide bonds. The van der Waals surface area contributed by atoms with Gasteiger partial charge in [0.15, 0.2) is 5.58 Å². The molecule has 3 aromatic heterocycles. The minimum atomic E-state index is -0.543. The lowest BCUT2D eigenvalue weighted by Gasteiger charge is -2.26. The van der Waals surface area contributed by atoms with Crippen molar-refractivity contribution < 1.29 is 13.9 Å². The highest BCUT2D eigenvalue weighted by Gasteiger charge is 2.44. The van der Waals surface area contributed by atoms with Gasteiger partial charge in [-0.15, -0.1) is 0 Å². The van der Waals surface area contributed by atoms with Gasteiger partial charge in [-0.2, -0.15) is 5.10 Å². The summed E-state index contributed by atoms with van der Waals surface area (Å²) in [6.07, 6.45) is 3.74. The predicted molar refractivity (Wildman–Crippen MR) is 136 cm³/mol. The van der Waals surface area contributed by atoms with Crippen LogP contribution in [0.2, 0.25) is 5.02 Å². The number of para-hydroxylation sites is 1. The summed E-state index contributed by atoms with van der Waals surface area (Å²) in [6.45, 7) is 0.652. The first kappa shape index (κ1) is 21.9. The van der Waals surface area contributed by atoms with Gasteiger partial charge in [0.05, 0.1) is 16.6 Å². The number of aromatic amines is 2. The third kappa shape index (κ3) is 3.79. The average molecular weight is 514 g/mol. The van der Waals surface area contributed by atoms with Crippen molar-refractivity contribution in [2.75, 3.05) is 6.54 Å². The van der Waals surface area contributed by atoms with Crippen molar-refractivity contribution in [2.45, 2.75) is 18.9 Å². The molecule has 1 aliphatic carbocycles. The van der Waals surface area contributed by atoms with Crippen molar-refractivity contribution in [3.63, 3.8) is 0 Å². The Bertz CT molecular complexity index is 1720. The number of nitrogens with one attached hydrogen (secondary N) is 2. The molecule has 10 heteroatoms. The second kappa shape index (κ2) is 8.35. The van der Waals surface area contributed by atoms with Gasteiger partial charge in [-0.1, -0.05) is 29.8 Å². The number of nitrogens with zero attached hydrogens (tertiary/aromatic N) is 3. The van der Waals surface area contributed by atoms with Crippen molar-refractivity contribution in [3.05, 3.63) is 93.2 Å². The molecule has 0 spiro atoms. The predicted octanol–water partition coefficient (Wildman–Crippen LogP) is 5.31. The number of pyridine rings is 1. The minimum Gasteiger partial charge on any atom is -0.439 e. The largest absolute Gasteiger partial charge is 0.439 e. The number of H-pyrrole nitrogens is 2. The van der Waals surface area contributed by atoms with E-state index in [1.807, 2.05) is 41.3 Å². The zero-order chi connectivity index (χ0) is 25.1. The number of hydrogen-bond acceptors (Lipinski definition) is 6. The van der Waals surface area contributed by atoms with Gasteiger partial charge in [-0.25, -0.2) is 9.78 Å². The molecular weight excluding hydrogens is 494 g/mol. The zero-order valence-corrected chi connectivity index (χ0v) is 20.2. The van der Waals surface area contributed by atoms with Crippen LogP contribution in [0.5, 0.6) is 11.6 Å². The molecule has 0 saturated heterocycles. The van der Waals surface area contributed by atoms with E-state index in [2.05, 4.69) is 20.2 Å². The number of benzene rings is 2. The molecule has 1 atom stereocenters. The van der Waals surface area contributed by atoms with Gasteiger partial charge in [0, 0.05) is 29.9 Å². The maximum atomic E-state index is 13.6. The zero-order valence-electron chi connectivity index (χ0n) is 19.4. The van der Waals surface area contributed by atoms with Gasteiger partial charge >= 0.3 is 5.76 Å². The summed E-state index contributed by atoms with van der Waals surface area (Å²) in [5.74, 6) is 0.842. The Kier molecular flexibility index (Phi) is 4.93. The SMILES string of the molecule is O=C1c2[nH]nc(-c3cccc4[nH]c(=O)oc34)c2C(c2cccc(Oc3ccc(Cl)cn3)c2)N1CC1CC1. The number of carbonyl (C=O) groups is 1. The Morgan fingerprint density at radius 2 is 1.97 bits per heavy atom. The van der Waals surface area contributed by atoms with E-state index in [1.54, 1.807) is 18.2 Å². The Hall–Kier alpha value is -4.37. The lowest BCUT2D eigenvalue weighted by atomic mass is 9.95. The maximum Gasteiger partial charge on any atom is 0.417 e. The fraction of sp³-hybridized carbons (Fsp3) is 0.185. The summed E-state index contributed by atoms with van der Waals surface area (Å²) in [5.41, 5.74) is 4.26. The molecule has 1 unspecified atom stereocenters. The third-order valence-corrected chi connectivity index (χ3v) is 7.04. The summed E-state index contributed by atoms with van der Waals surface area (Å²) in [4.78, 5) is 34.3. The van der Waals surface area contributed by atoms with Crippen LogP contribution < -0.4 is 10.5 Å². The number of carbonyl (C=O) groups excluding carboxylic acids is 1. The lowest BCUT2D eigenvalue weighted by Crippen LogP contribution is -2.31. The minimum absolute atomic E-state index is 0.0981. The molecule has 4 heterocycles. The second-order valence-corrected chi connectivity index (χ2v) is 9.79. The highest BCUT2D eigenvalue weighted by atomic mass is 35.5. The normalized spacial score (nSPS) is 16.9. The molecular formula is C27H20ClN5O4. The molecule has 184 valence electrons. The van der Waals surface area contributed by atoms with E-state index in [4.69, 9.17) is 20.8 Å². The standard InChI is InChI=1S/C27H20ClN5O4/c28-16-9-10-20(29-12-16)36-17-4-1-3-15(11-17)24-21-22(18-5-2-6-19-25(18)37-27(35)30-19)31-32-23(21)26(34)33(24)13-14-7-8-14/h1-6,9-12,14,24H,7-8,13H2,(H,30,35)(H,31,32). The van der Waals surface area contributed by atoms with Gasteiger partial charge in [0.1, 0.15) is 17.1 Å². The molecule has 7 rings (SSSR count). The van der Waals surface area contributed by atoms with Crippen molar-refractivity contribution in [1.82, 2.24) is 25.1 Å². The molecule has 9 nitrogen and oxygen atoms in total. The number of fused-ring (bicyclic) bond motifs is 2. The number of oxazole rings is 1. The molecule has 0 radical (unpaired) electrons. The number of ether oxygens (including phenoxy) is 1. The summed E-state index contributed by atoms with van der Waals surface area (Å²) < 4.78 is 11.4. The second-order valence-electron chi connectivity index (χ2n) is 9.35. The van der Waals surface area contributed by atoms with E-state index in [1.165, 1.54) is 6.20 Å². The Labute approximate surface area is 215 Å². The van der Waals surface area contributed by atoms with Crippen LogP contribution in [-0.2, 0) is 0 Å². The van der Waals surface area contributed by atoms with Crippen LogP contribution in [-0.4, -0.2) is 37.5 Å². The van der Waals surface area contributed by atoms with E-state index in [0.717, 1.165) is 24.0 Å². The first-order valence-corrected chi connectivity index (χ1v) is 12.3. The topological polar surface area (TPSA) is 117 Å². The first-order valence-electron chi connectivity index (χ1n) is 12.0. The number of rotatable bonds is 6. The van der Waals surface area contributed by atoms with Crippen LogP contribution in [0.3, 0.4) is 0 Å². The fourth-order valence-corrected chi connectivity index (χ4v) is 5.08. The maximum absolute atomic E-state index is 13.6. The van der Waals surface area contributed by atoms with E-state index in [9.17, 15) is 9.59 Å². The van der Waals surface area contributed by atoms with Crippen LogP contribution in [0.1, 0.15) is 40.5 Å². The van der Waals surface area contributed by atoms with E-state index < -0.39 is 5.76 Å². The summed E-state index contributed by atoms with van der Waals surface area (Å²) in [5, 5.41) is 8.01. The highest BCUT2D eigenvalue weighted by molar-refractivity contribution is 6.30. The molecule has 1 fully saturated rings. The Balaban J connectivity index is 1.35. The smallest absolute Gasteiger partial charge is 0.417 e. The van der Waals surface area contributed by atoms with E-state index in [0.29, 0.717) is 57.2 Å². The fourth-order valence-electron chi connectivity index (χ4n) is 4.97. The number of amides is 1. The molecule has 2 aromatic carbocycles. The van der Waals surface area contributed by atoms with Crippen molar-refractivity contribution in [2.24, 2.45) is 5.92 Å². The van der Waals surface area contributed by atoms with Crippen molar-refractivity contribution >= 4 is 28.6 Å². The average Bonchev–Trinajstić information content (AvgIpc) is 3.37. The molecule has 1 aliphatic heterocycles. The number of hydrogen-bond donors (Lipinski definition) is 2. The summed E-state index contributed by atoms with van der Waals surface area (Å²) >= 11 is 5.95. The number of aromatic nitrogens is 4. The van der Waals surface area contributed by atoms with Crippen LogP contribution in [0, 0.1) is 5.92 Å². The van der Waals surface area contributed by atoms with E-state index >= 15 is 0 Å². The number of halogens is 1. The van der Waals surface area contributed by atoms with Crippen molar-refractivity contribution in [3.8, 4) is 22.9 Å². The molecule has 5 aromatic rings. The monoisotopic (exact) mass is 513 g/mol.